The number of carbonyl (C=O) groups excluding carboxylic acids is 3. The fraction of sp³-hybridized carbons (Fsp3) is 0.786. The lowest BCUT2D eigenvalue weighted by Crippen LogP contribution is -2.61. The van der Waals surface area contributed by atoms with Crippen LogP contribution in [0.4, 0.5) is 9.59 Å². The van der Waals surface area contributed by atoms with Crippen LogP contribution >= 0.6 is 0 Å². The number of likely N-dealkylation sites (tertiary alicyclic amines) is 1. The van der Waals surface area contributed by atoms with Gasteiger partial charge in [0.2, 0.25) is 0 Å². The number of piperidine rings is 1. The van der Waals surface area contributed by atoms with Crippen LogP contribution in [-0.4, -0.2) is 47.5 Å². The lowest BCUT2D eigenvalue weighted by molar-refractivity contribution is -0.125. The summed E-state index contributed by atoms with van der Waals surface area (Å²) in [6, 6.07) is -0.333. The molecule has 21 heavy (non-hydrogen) atoms. The SMILES string of the molecule is O=C1NC(=O)C2(CCCN(C(=O)NC3CCCCC3)C2)N1. The van der Waals surface area contributed by atoms with Crippen molar-refractivity contribution >= 4 is 18.0 Å². The molecular weight excluding hydrogens is 272 g/mol. The molecular formula is C14H22N4O3. The molecule has 3 N–H and O–H groups in total. The van der Waals surface area contributed by atoms with Gasteiger partial charge in [0.25, 0.3) is 5.91 Å². The van der Waals surface area contributed by atoms with Crippen molar-refractivity contribution in [3.63, 3.8) is 0 Å². The van der Waals surface area contributed by atoms with Crippen LogP contribution in [0.25, 0.3) is 0 Å². The standard InChI is InChI=1S/C14H22N4O3/c19-11-14(17-12(20)16-11)7-4-8-18(9-14)13(21)15-10-5-2-1-3-6-10/h10H,1-9H2,(H,15,21)(H2,16,17,19,20). The van der Waals surface area contributed by atoms with Crippen LogP contribution in [0, 0.1) is 0 Å². The molecule has 5 amide bonds. The smallest absolute Gasteiger partial charge is 0.322 e. The Morgan fingerprint density at radius 2 is 1.95 bits per heavy atom. The van der Waals surface area contributed by atoms with E-state index in [1.807, 2.05) is 0 Å². The summed E-state index contributed by atoms with van der Waals surface area (Å²) in [5.41, 5.74) is -0.931. The molecule has 1 saturated carbocycles. The molecule has 0 aromatic heterocycles. The van der Waals surface area contributed by atoms with Crippen LogP contribution in [0.2, 0.25) is 0 Å². The Morgan fingerprint density at radius 3 is 2.62 bits per heavy atom. The van der Waals surface area contributed by atoms with Gasteiger partial charge in [-0.05, 0) is 25.7 Å². The number of nitrogens with one attached hydrogen (secondary N) is 3. The molecule has 1 unspecified atom stereocenters. The molecule has 0 aromatic rings. The topological polar surface area (TPSA) is 90.5 Å². The third-order valence-corrected chi connectivity index (χ3v) is 4.73. The van der Waals surface area contributed by atoms with Gasteiger partial charge in [0.05, 0.1) is 6.54 Å². The minimum atomic E-state index is -0.931. The van der Waals surface area contributed by atoms with E-state index in [0.717, 1.165) is 25.7 Å². The minimum absolute atomic E-state index is 0.116. The highest BCUT2D eigenvalue weighted by Crippen LogP contribution is 2.25. The van der Waals surface area contributed by atoms with Crippen LogP contribution in [0.1, 0.15) is 44.9 Å². The summed E-state index contributed by atoms with van der Waals surface area (Å²) in [6.07, 6.45) is 6.92. The van der Waals surface area contributed by atoms with Crippen LogP contribution in [0.3, 0.4) is 0 Å². The third-order valence-electron chi connectivity index (χ3n) is 4.73. The van der Waals surface area contributed by atoms with E-state index >= 15 is 0 Å². The van der Waals surface area contributed by atoms with Crippen molar-refractivity contribution in [1.29, 1.82) is 0 Å². The first kappa shape index (κ1) is 14.2. The van der Waals surface area contributed by atoms with Crippen molar-refractivity contribution in [2.75, 3.05) is 13.1 Å². The van der Waals surface area contributed by atoms with Crippen LogP contribution in [0.15, 0.2) is 0 Å². The van der Waals surface area contributed by atoms with Crippen molar-refractivity contribution in [3.8, 4) is 0 Å². The lowest BCUT2D eigenvalue weighted by atomic mass is 9.89. The number of imide groups is 1. The highest BCUT2D eigenvalue weighted by molar-refractivity contribution is 6.07. The number of urea groups is 2. The number of carbonyl (C=O) groups is 3. The molecule has 2 aliphatic heterocycles. The van der Waals surface area contributed by atoms with E-state index in [2.05, 4.69) is 16.0 Å². The maximum atomic E-state index is 12.4. The first-order valence-electron chi connectivity index (χ1n) is 7.78. The Labute approximate surface area is 123 Å². The van der Waals surface area contributed by atoms with E-state index in [0.29, 0.717) is 19.4 Å². The van der Waals surface area contributed by atoms with Crippen molar-refractivity contribution in [3.05, 3.63) is 0 Å². The zero-order chi connectivity index (χ0) is 14.9. The largest absolute Gasteiger partial charge is 0.335 e. The number of hydrogen-bond acceptors (Lipinski definition) is 3. The fourth-order valence-electron chi connectivity index (χ4n) is 3.56. The molecule has 1 spiro atoms. The summed E-state index contributed by atoms with van der Waals surface area (Å²) in [7, 11) is 0. The summed E-state index contributed by atoms with van der Waals surface area (Å²) in [5, 5.41) is 8.02. The summed E-state index contributed by atoms with van der Waals surface area (Å²) in [4.78, 5) is 37.3. The molecule has 3 rings (SSSR count). The molecule has 3 aliphatic rings. The number of rotatable bonds is 1. The zero-order valence-electron chi connectivity index (χ0n) is 12.1. The van der Waals surface area contributed by atoms with Gasteiger partial charge in [-0.1, -0.05) is 19.3 Å². The van der Waals surface area contributed by atoms with E-state index in [1.165, 1.54) is 6.42 Å². The minimum Gasteiger partial charge on any atom is -0.335 e. The molecule has 7 heteroatoms. The lowest BCUT2D eigenvalue weighted by Gasteiger charge is -2.38. The Hall–Kier alpha value is -1.79. The molecule has 0 radical (unpaired) electrons. The molecule has 2 heterocycles. The summed E-state index contributed by atoms with van der Waals surface area (Å²) in [5.74, 6) is -0.317. The normalized spacial score (nSPS) is 30.2. The molecule has 0 bridgehead atoms. The van der Waals surface area contributed by atoms with E-state index < -0.39 is 11.6 Å². The van der Waals surface area contributed by atoms with Crippen molar-refractivity contribution in [2.45, 2.75) is 56.5 Å². The molecule has 0 aromatic carbocycles. The van der Waals surface area contributed by atoms with Crippen LogP contribution in [-0.2, 0) is 4.79 Å². The maximum Gasteiger partial charge on any atom is 0.322 e. The second kappa shape index (κ2) is 5.54. The highest BCUT2D eigenvalue weighted by Gasteiger charge is 2.49. The molecule has 1 aliphatic carbocycles. The van der Waals surface area contributed by atoms with Gasteiger partial charge < -0.3 is 15.5 Å². The van der Waals surface area contributed by atoms with Crippen LogP contribution in [0.5, 0.6) is 0 Å². The van der Waals surface area contributed by atoms with Gasteiger partial charge in [-0.3, -0.25) is 10.1 Å². The monoisotopic (exact) mass is 294 g/mol. The predicted octanol–water partition coefficient (Wildman–Crippen LogP) is 0.703. The van der Waals surface area contributed by atoms with Crippen molar-refractivity contribution in [2.24, 2.45) is 0 Å². The summed E-state index contributed by atoms with van der Waals surface area (Å²) in [6.45, 7) is 0.882. The maximum absolute atomic E-state index is 12.4. The average molecular weight is 294 g/mol. The quantitative estimate of drug-likeness (QED) is 0.622. The number of hydrogen-bond donors (Lipinski definition) is 3. The Kier molecular flexibility index (Phi) is 3.73. The van der Waals surface area contributed by atoms with Crippen molar-refractivity contribution in [1.82, 2.24) is 20.9 Å². The molecule has 3 fully saturated rings. The fourth-order valence-corrected chi connectivity index (χ4v) is 3.56. The first-order chi connectivity index (χ1) is 10.1. The third kappa shape index (κ3) is 2.82. The molecule has 2 saturated heterocycles. The molecule has 1 atom stereocenters. The van der Waals surface area contributed by atoms with Crippen molar-refractivity contribution < 1.29 is 14.4 Å². The second-order valence-corrected chi connectivity index (χ2v) is 6.30. The van der Waals surface area contributed by atoms with E-state index in [1.54, 1.807) is 4.90 Å². The molecule has 7 nitrogen and oxygen atoms in total. The summed E-state index contributed by atoms with van der Waals surface area (Å²) >= 11 is 0. The highest BCUT2D eigenvalue weighted by atomic mass is 16.2. The Bertz CT molecular complexity index is 461. The van der Waals surface area contributed by atoms with Gasteiger partial charge in [0.15, 0.2) is 0 Å². The Morgan fingerprint density at radius 1 is 1.19 bits per heavy atom. The van der Waals surface area contributed by atoms with Gasteiger partial charge in [-0.2, -0.15) is 0 Å². The number of amides is 5. The first-order valence-corrected chi connectivity index (χ1v) is 7.78. The van der Waals surface area contributed by atoms with Gasteiger partial charge in [0, 0.05) is 12.6 Å². The van der Waals surface area contributed by atoms with Gasteiger partial charge >= 0.3 is 12.1 Å². The van der Waals surface area contributed by atoms with E-state index in [9.17, 15) is 14.4 Å². The van der Waals surface area contributed by atoms with Crippen LogP contribution < -0.4 is 16.0 Å². The average Bonchev–Trinajstić information content (AvgIpc) is 2.74. The van der Waals surface area contributed by atoms with Gasteiger partial charge in [0.1, 0.15) is 5.54 Å². The molecule has 116 valence electrons. The number of nitrogens with zero attached hydrogens (tertiary/aromatic N) is 1. The Balaban J connectivity index is 1.61. The second-order valence-electron chi connectivity index (χ2n) is 6.30. The predicted molar refractivity (Wildman–Crippen MR) is 75.6 cm³/mol. The van der Waals surface area contributed by atoms with E-state index in [-0.39, 0.29) is 24.5 Å². The van der Waals surface area contributed by atoms with Gasteiger partial charge in [-0.15, -0.1) is 0 Å². The van der Waals surface area contributed by atoms with Gasteiger partial charge in [-0.25, -0.2) is 9.59 Å². The summed E-state index contributed by atoms with van der Waals surface area (Å²) < 4.78 is 0. The zero-order valence-corrected chi connectivity index (χ0v) is 12.1. The van der Waals surface area contributed by atoms with E-state index in [4.69, 9.17) is 0 Å².